The van der Waals surface area contributed by atoms with Crippen molar-refractivity contribution in [1.82, 2.24) is 4.90 Å². The van der Waals surface area contributed by atoms with Crippen LogP contribution in [0.1, 0.15) is 32.6 Å². The molecule has 9 nitrogen and oxygen atoms in total. The van der Waals surface area contributed by atoms with Crippen molar-refractivity contribution in [2.45, 2.75) is 38.6 Å². The second kappa shape index (κ2) is 8.43. The molecule has 26 heavy (non-hydrogen) atoms. The Balaban J connectivity index is 2.53. The molecule has 2 atom stereocenters. The van der Waals surface area contributed by atoms with Crippen molar-refractivity contribution in [3.05, 3.63) is 32.1 Å². The van der Waals surface area contributed by atoms with Gasteiger partial charge in [-0.2, -0.15) is 0 Å². The van der Waals surface area contributed by atoms with E-state index < -0.39 is 28.8 Å². The molecule has 0 saturated carbocycles. The Hall–Kier alpha value is -2.23. The zero-order chi connectivity index (χ0) is 19.4. The number of halogens is 1. The molecule has 1 aliphatic carbocycles. The van der Waals surface area contributed by atoms with E-state index in [1.165, 1.54) is 13.2 Å². The van der Waals surface area contributed by atoms with Crippen molar-refractivity contribution < 1.29 is 28.8 Å². The Morgan fingerprint density at radius 2 is 2.08 bits per heavy atom. The molecule has 10 heteroatoms. The summed E-state index contributed by atoms with van der Waals surface area (Å²) in [5, 5.41) is 11.5. The van der Waals surface area contributed by atoms with Crippen molar-refractivity contribution in [2.75, 3.05) is 13.7 Å². The van der Waals surface area contributed by atoms with Gasteiger partial charge in [-0.25, -0.2) is 4.79 Å². The Morgan fingerprint density at radius 1 is 1.38 bits per heavy atom. The van der Waals surface area contributed by atoms with Crippen molar-refractivity contribution >= 4 is 33.8 Å². The Labute approximate surface area is 158 Å². The Morgan fingerprint density at radius 3 is 2.65 bits per heavy atom. The summed E-state index contributed by atoms with van der Waals surface area (Å²) in [6, 6.07) is -0.703. The van der Waals surface area contributed by atoms with Gasteiger partial charge in [-0.1, -0.05) is 15.9 Å². The Bertz CT molecular complexity index is 701. The number of allylic oxidation sites excluding steroid dienone is 3. The van der Waals surface area contributed by atoms with E-state index in [2.05, 4.69) is 20.7 Å². The number of piperidine rings is 1. The molecule has 2 unspecified atom stereocenters. The van der Waals surface area contributed by atoms with E-state index in [1.54, 1.807) is 6.92 Å². The van der Waals surface area contributed by atoms with Crippen molar-refractivity contribution in [3.63, 3.8) is 0 Å². The second-order valence-corrected chi connectivity index (χ2v) is 6.95. The van der Waals surface area contributed by atoms with Crippen LogP contribution in [-0.2, 0) is 23.9 Å². The minimum Gasteiger partial charge on any atom is -0.469 e. The molecule has 142 valence electrons. The summed E-state index contributed by atoms with van der Waals surface area (Å²) in [6.07, 6.45) is 2.61. The first-order valence-electron chi connectivity index (χ1n) is 8.11. The van der Waals surface area contributed by atoms with Gasteiger partial charge in [0.25, 0.3) is 5.70 Å². The number of hydrogen-bond acceptors (Lipinski definition) is 7. The highest BCUT2D eigenvalue weighted by molar-refractivity contribution is 9.11. The lowest BCUT2D eigenvalue weighted by molar-refractivity contribution is -0.422. The molecular formula is C16H19BrN2O7. The van der Waals surface area contributed by atoms with Crippen LogP contribution < -0.4 is 0 Å². The van der Waals surface area contributed by atoms with Crippen LogP contribution in [0.3, 0.4) is 0 Å². The average molecular weight is 431 g/mol. The second-order valence-electron chi connectivity index (χ2n) is 5.93. The normalized spacial score (nSPS) is 22.3. The zero-order valence-corrected chi connectivity index (χ0v) is 16.0. The average Bonchev–Trinajstić information content (AvgIpc) is 2.60. The number of fused-ring (bicyclic) bond motifs is 1. The first-order chi connectivity index (χ1) is 12.3. The van der Waals surface area contributed by atoms with Gasteiger partial charge >= 0.3 is 17.8 Å². The van der Waals surface area contributed by atoms with Crippen LogP contribution in [0.4, 0.5) is 0 Å². The molecule has 1 fully saturated rings. The van der Waals surface area contributed by atoms with E-state index in [9.17, 15) is 24.5 Å². The van der Waals surface area contributed by atoms with Gasteiger partial charge in [-0.05, 0) is 26.2 Å². The molecule has 2 rings (SSSR count). The number of carbonyl (C=O) groups excluding carboxylic acids is 3. The van der Waals surface area contributed by atoms with Crippen LogP contribution in [-0.4, -0.2) is 47.4 Å². The molecule has 0 aromatic rings. The summed E-state index contributed by atoms with van der Waals surface area (Å²) in [7, 11) is 1.22. The van der Waals surface area contributed by atoms with Crippen LogP contribution in [0, 0.1) is 16.0 Å². The van der Waals surface area contributed by atoms with E-state index in [0.29, 0.717) is 23.7 Å². The van der Waals surface area contributed by atoms with Gasteiger partial charge in [0, 0.05) is 22.5 Å². The van der Waals surface area contributed by atoms with Gasteiger partial charge in [0.15, 0.2) is 0 Å². The van der Waals surface area contributed by atoms with E-state index in [4.69, 9.17) is 4.74 Å². The summed E-state index contributed by atoms with van der Waals surface area (Å²) in [6.45, 7) is 1.55. The van der Waals surface area contributed by atoms with Crippen LogP contribution in [0.25, 0.3) is 0 Å². The third kappa shape index (κ3) is 4.12. The lowest BCUT2D eigenvalue weighted by Crippen LogP contribution is -2.50. The first-order valence-corrected chi connectivity index (χ1v) is 8.91. The van der Waals surface area contributed by atoms with Crippen molar-refractivity contribution in [1.29, 1.82) is 0 Å². The highest BCUT2D eigenvalue weighted by Gasteiger charge is 2.45. The quantitative estimate of drug-likeness (QED) is 0.289. The lowest BCUT2D eigenvalue weighted by Gasteiger charge is -2.41. The van der Waals surface area contributed by atoms with Crippen LogP contribution >= 0.6 is 15.9 Å². The number of nitro groups is 1. The van der Waals surface area contributed by atoms with Gasteiger partial charge in [0.2, 0.25) is 0 Å². The van der Waals surface area contributed by atoms with Crippen LogP contribution in [0.5, 0.6) is 0 Å². The summed E-state index contributed by atoms with van der Waals surface area (Å²) < 4.78 is 10.1. The summed E-state index contributed by atoms with van der Waals surface area (Å²) >= 11 is 3.29. The fraction of sp³-hybridized carbons (Fsp3) is 0.562. The third-order valence-corrected chi connectivity index (χ3v) is 4.91. The molecule has 1 aliphatic heterocycles. The minimum absolute atomic E-state index is 0.00387. The molecular weight excluding hydrogens is 412 g/mol. The van der Waals surface area contributed by atoms with Crippen molar-refractivity contribution in [3.8, 4) is 0 Å². The predicted molar refractivity (Wildman–Crippen MR) is 92.3 cm³/mol. The Kier molecular flexibility index (Phi) is 6.52. The van der Waals surface area contributed by atoms with Crippen LogP contribution in [0.15, 0.2) is 22.0 Å². The SMILES string of the molecule is CCOC(=O)C(=O)N1C2=C([N+](=O)[O-])C=C(Br)CC2CCC1CC(=O)OC. The first kappa shape index (κ1) is 20.1. The summed E-state index contributed by atoms with van der Waals surface area (Å²) in [5.74, 6) is -2.98. The number of rotatable bonds is 4. The molecule has 0 aromatic carbocycles. The number of likely N-dealkylation sites (tertiary alicyclic amines) is 1. The molecule has 2 aliphatic rings. The summed E-state index contributed by atoms with van der Waals surface area (Å²) in [4.78, 5) is 48.4. The van der Waals surface area contributed by atoms with Gasteiger partial charge in [0.05, 0.1) is 25.1 Å². The maximum Gasteiger partial charge on any atom is 0.397 e. The van der Waals surface area contributed by atoms with E-state index in [1.807, 2.05) is 0 Å². The lowest BCUT2D eigenvalue weighted by atomic mass is 9.82. The van der Waals surface area contributed by atoms with Gasteiger partial charge in [-0.15, -0.1) is 0 Å². The summed E-state index contributed by atoms with van der Waals surface area (Å²) in [5.41, 5.74) is -0.114. The highest BCUT2D eigenvalue weighted by Crippen LogP contribution is 2.43. The molecule has 0 N–H and O–H groups in total. The molecule has 0 radical (unpaired) electrons. The standard InChI is InChI=1S/C16H19BrN2O7/c1-3-26-16(22)15(21)18-11(8-13(20)25-2)5-4-9-6-10(17)7-12(14(9)18)19(23)24/h7,9,11H,3-6,8H2,1-2H3. The van der Waals surface area contributed by atoms with Gasteiger partial charge in [0.1, 0.15) is 5.70 Å². The number of amides is 1. The van der Waals surface area contributed by atoms with E-state index in [-0.39, 0.29) is 30.3 Å². The molecule has 1 saturated heterocycles. The number of esters is 2. The zero-order valence-electron chi connectivity index (χ0n) is 14.4. The maximum atomic E-state index is 12.7. The van der Waals surface area contributed by atoms with Gasteiger partial charge in [-0.3, -0.25) is 24.6 Å². The number of nitrogens with zero attached hydrogens (tertiary/aromatic N) is 2. The fourth-order valence-electron chi connectivity index (χ4n) is 3.28. The van der Waals surface area contributed by atoms with E-state index in [0.717, 1.165) is 4.90 Å². The fourth-order valence-corrected chi connectivity index (χ4v) is 3.89. The molecule has 1 heterocycles. The number of hydrogen-bond donors (Lipinski definition) is 0. The number of ether oxygens (including phenoxy) is 2. The van der Waals surface area contributed by atoms with Crippen LogP contribution in [0.2, 0.25) is 0 Å². The van der Waals surface area contributed by atoms with Crippen molar-refractivity contribution in [2.24, 2.45) is 5.92 Å². The monoisotopic (exact) mass is 430 g/mol. The third-order valence-electron chi connectivity index (χ3n) is 4.35. The van der Waals surface area contributed by atoms with E-state index >= 15 is 0 Å². The number of methoxy groups -OCH3 is 1. The number of carbonyl (C=O) groups is 3. The highest BCUT2D eigenvalue weighted by atomic mass is 79.9. The largest absolute Gasteiger partial charge is 0.469 e. The molecule has 0 spiro atoms. The molecule has 0 bridgehead atoms. The molecule has 0 aromatic heterocycles. The maximum absolute atomic E-state index is 12.7. The minimum atomic E-state index is -1.10. The smallest absolute Gasteiger partial charge is 0.397 e. The predicted octanol–water partition coefficient (Wildman–Crippen LogP) is 1.89. The van der Waals surface area contributed by atoms with Gasteiger partial charge < -0.3 is 9.47 Å². The topological polar surface area (TPSA) is 116 Å². The molecule has 1 amide bonds.